The van der Waals surface area contributed by atoms with Crippen molar-refractivity contribution in [2.75, 3.05) is 26.2 Å². The van der Waals surface area contributed by atoms with Crippen molar-refractivity contribution in [3.05, 3.63) is 87.9 Å². The molecule has 3 aliphatic heterocycles. The van der Waals surface area contributed by atoms with Crippen LogP contribution in [0.15, 0.2) is 61.1 Å². The third-order valence-electron chi connectivity index (χ3n) is 9.30. The van der Waals surface area contributed by atoms with Crippen molar-refractivity contribution in [3.63, 3.8) is 0 Å². The van der Waals surface area contributed by atoms with Gasteiger partial charge in [-0.05, 0) is 62.8 Å². The maximum absolute atomic E-state index is 14.0. The monoisotopic (exact) mass is 727 g/mol. The molecule has 0 spiro atoms. The molecule has 4 bridgehead atoms. The van der Waals surface area contributed by atoms with Crippen molar-refractivity contribution in [2.45, 2.75) is 82.8 Å². The first-order valence-corrected chi connectivity index (χ1v) is 18.7. The third-order valence-corrected chi connectivity index (χ3v) is 10.5. The maximum Gasteiger partial charge on any atom is 0.257 e. The van der Waals surface area contributed by atoms with Crippen molar-refractivity contribution in [1.82, 2.24) is 45.8 Å². The molecule has 4 aromatic rings. The summed E-state index contributed by atoms with van der Waals surface area (Å²) in [7, 11) is 0. The average molecular weight is 728 g/mol. The number of amides is 4. The number of ether oxygens (including phenoxy) is 1. The number of para-hydroxylation sites is 1. The minimum absolute atomic E-state index is 0.0101. The van der Waals surface area contributed by atoms with E-state index in [4.69, 9.17) is 9.72 Å². The molecule has 1 saturated heterocycles. The summed E-state index contributed by atoms with van der Waals surface area (Å²) >= 11 is 1.62. The lowest BCUT2D eigenvalue weighted by atomic mass is 9.96. The predicted molar refractivity (Wildman–Crippen MR) is 193 cm³/mol. The molecule has 15 heteroatoms. The fraction of sp³-hybridized carbons (Fsp3) is 0.459. The topological polar surface area (TPSA) is 173 Å². The van der Waals surface area contributed by atoms with Crippen LogP contribution in [-0.4, -0.2) is 91.8 Å². The highest BCUT2D eigenvalue weighted by molar-refractivity contribution is 7.11. The van der Waals surface area contributed by atoms with Gasteiger partial charge in [-0.15, -0.1) is 16.4 Å². The summed E-state index contributed by atoms with van der Waals surface area (Å²) in [4.78, 5) is 65.1. The number of aryl methyl sites for hydroxylation is 1. The number of nitrogens with one attached hydrogen (secondary N) is 3. The smallest absolute Gasteiger partial charge is 0.257 e. The normalized spacial score (nSPS) is 19.6. The highest BCUT2D eigenvalue weighted by Crippen LogP contribution is 2.33. The number of hydrogen-bond acceptors (Lipinski definition) is 10. The van der Waals surface area contributed by atoms with E-state index >= 15 is 0 Å². The Morgan fingerprint density at radius 2 is 1.87 bits per heavy atom. The second-order valence-electron chi connectivity index (χ2n) is 13.3. The molecule has 3 aromatic heterocycles. The van der Waals surface area contributed by atoms with Gasteiger partial charge in [0, 0.05) is 67.9 Å². The molecule has 0 unspecified atom stereocenters. The van der Waals surface area contributed by atoms with Gasteiger partial charge in [-0.3, -0.25) is 24.2 Å². The van der Waals surface area contributed by atoms with Crippen molar-refractivity contribution < 1.29 is 23.9 Å². The Morgan fingerprint density at radius 3 is 2.65 bits per heavy atom. The zero-order chi connectivity index (χ0) is 36.3. The SMILES string of the molecule is Cc1sc2nc1CC(=O)N[C@@H](CCCCNC(=O)COc1ccccc1)CC(=O)N[C@H](Cc1cn(Cc3cccnc3)nn1)C(=O)N1CCC2CC1. The zero-order valence-electron chi connectivity index (χ0n) is 29.3. The molecule has 0 radical (unpaired) electrons. The predicted octanol–water partition coefficient (Wildman–Crippen LogP) is 2.72. The molecule has 1 aromatic carbocycles. The Balaban J connectivity index is 1.11. The van der Waals surface area contributed by atoms with Crippen LogP contribution in [0.25, 0.3) is 0 Å². The van der Waals surface area contributed by atoms with Crippen LogP contribution in [0.2, 0.25) is 0 Å². The summed E-state index contributed by atoms with van der Waals surface area (Å²) in [5.41, 5.74) is 2.30. The molecule has 7 rings (SSSR count). The van der Waals surface area contributed by atoms with Gasteiger partial charge >= 0.3 is 0 Å². The first kappa shape index (κ1) is 36.6. The highest BCUT2D eigenvalue weighted by Gasteiger charge is 2.33. The van der Waals surface area contributed by atoms with Crippen LogP contribution in [-0.2, 0) is 38.6 Å². The summed E-state index contributed by atoms with van der Waals surface area (Å²) in [5, 5.41) is 18.5. The molecule has 0 aliphatic carbocycles. The number of aromatic nitrogens is 5. The molecule has 1 fully saturated rings. The van der Waals surface area contributed by atoms with Crippen molar-refractivity contribution >= 4 is 35.0 Å². The minimum Gasteiger partial charge on any atom is -0.484 e. The van der Waals surface area contributed by atoms with Gasteiger partial charge in [0.15, 0.2) is 6.61 Å². The molecular formula is C37H45N9O5S. The molecule has 3 aliphatic rings. The third kappa shape index (κ3) is 10.4. The van der Waals surface area contributed by atoms with Gasteiger partial charge in [-0.25, -0.2) is 9.67 Å². The summed E-state index contributed by atoms with van der Waals surface area (Å²) < 4.78 is 7.20. The number of pyridine rings is 1. The zero-order valence-corrected chi connectivity index (χ0v) is 30.1. The van der Waals surface area contributed by atoms with Crippen LogP contribution in [0.1, 0.15) is 71.3 Å². The maximum atomic E-state index is 14.0. The van der Waals surface area contributed by atoms with Crippen LogP contribution in [0.3, 0.4) is 0 Å². The number of nitrogens with zero attached hydrogens (tertiary/aromatic N) is 6. The summed E-state index contributed by atoms with van der Waals surface area (Å²) in [6.07, 6.45) is 8.87. The number of carbonyl (C=O) groups excluding carboxylic acids is 4. The molecule has 52 heavy (non-hydrogen) atoms. The molecule has 3 N–H and O–H groups in total. The lowest BCUT2D eigenvalue weighted by Gasteiger charge is -2.34. The molecule has 14 nitrogen and oxygen atoms in total. The number of carbonyl (C=O) groups is 4. The second kappa shape index (κ2) is 17.8. The van der Waals surface area contributed by atoms with Gasteiger partial charge in [0.2, 0.25) is 17.7 Å². The van der Waals surface area contributed by atoms with Gasteiger partial charge in [-0.1, -0.05) is 29.5 Å². The Kier molecular flexibility index (Phi) is 12.6. The molecular weight excluding hydrogens is 683 g/mol. The molecule has 2 atom stereocenters. The molecule has 274 valence electrons. The lowest BCUT2D eigenvalue weighted by molar-refractivity contribution is -0.137. The molecule has 0 saturated carbocycles. The van der Waals surface area contributed by atoms with Crippen molar-refractivity contribution in [2.24, 2.45) is 0 Å². The quantitative estimate of drug-likeness (QED) is 0.186. The van der Waals surface area contributed by atoms with Gasteiger partial charge in [-0.2, -0.15) is 0 Å². The van der Waals surface area contributed by atoms with Gasteiger partial charge < -0.3 is 25.6 Å². The number of thiazole rings is 1. The summed E-state index contributed by atoms with van der Waals surface area (Å²) in [5.74, 6) is -0.107. The summed E-state index contributed by atoms with van der Waals surface area (Å²) in [6, 6.07) is 11.6. The van der Waals surface area contributed by atoms with E-state index in [2.05, 4.69) is 31.2 Å². The second-order valence-corrected chi connectivity index (χ2v) is 14.6. The van der Waals surface area contributed by atoms with Gasteiger partial charge in [0.05, 0.1) is 29.4 Å². The molecule has 6 heterocycles. The Morgan fingerprint density at radius 1 is 1.04 bits per heavy atom. The average Bonchev–Trinajstić information content (AvgIpc) is 3.75. The molecule has 4 amide bonds. The van der Waals surface area contributed by atoms with Gasteiger partial charge in [0.1, 0.15) is 11.8 Å². The number of fused-ring (bicyclic) bond motifs is 10. The van der Waals surface area contributed by atoms with Crippen LogP contribution < -0.4 is 20.7 Å². The largest absolute Gasteiger partial charge is 0.484 e. The number of benzene rings is 1. The number of piperidine rings is 1. The highest BCUT2D eigenvalue weighted by atomic mass is 32.1. The number of rotatable bonds is 12. The van der Waals surface area contributed by atoms with Crippen LogP contribution in [0, 0.1) is 6.92 Å². The fourth-order valence-electron chi connectivity index (χ4n) is 6.55. The fourth-order valence-corrected chi connectivity index (χ4v) is 7.65. The first-order valence-electron chi connectivity index (χ1n) is 17.8. The van der Waals surface area contributed by atoms with Crippen LogP contribution in [0.5, 0.6) is 5.75 Å². The van der Waals surface area contributed by atoms with E-state index in [1.54, 1.807) is 46.7 Å². The van der Waals surface area contributed by atoms with Crippen LogP contribution >= 0.6 is 11.3 Å². The number of unbranched alkanes of at least 4 members (excludes halogenated alkanes) is 1. The Bertz CT molecular complexity index is 1810. The summed E-state index contributed by atoms with van der Waals surface area (Å²) in [6.45, 7) is 3.91. The van der Waals surface area contributed by atoms with Crippen LogP contribution in [0.4, 0.5) is 0 Å². The standard InChI is InChI=1S/C37H45N9O5S/c1-25-31-20-34(48)40-28(9-5-6-15-39-35(49)24-51-30-10-3-2-4-11-30)19-33(47)41-32(37(50)45-16-12-27(13-17-45)36(42-31)52-25)18-29-23-46(44-43-29)22-26-8-7-14-38-21-26/h2-4,7-8,10-11,14,21,23,27-28,32H,5-6,9,12-13,15-20,22,24H2,1H3,(H,39,49)(H,40,48)(H,41,47)/t28-,32+/m0/s1. The van der Waals surface area contributed by atoms with E-state index in [-0.39, 0.29) is 55.4 Å². The van der Waals surface area contributed by atoms with E-state index in [9.17, 15) is 19.2 Å². The Labute approximate surface area is 306 Å². The van der Waals surface area contributed by atoms with Crippen molar-refractivity contribution in [3.8, 4) is 5.75 Å². The first-order chi connectivity index (χ1) is 25.3. The number of hydrogen-bond donors (Lipinski definition) is 3. The van der Waals surface area contributed by atoms with E-state index in [0.29, 0.717) is 56.9 Å². The van der Waals surface area contributed by atoms with E-state index in [0.717, 1.165) is 34.0 Å². The minimum atomic E-state index is -0.848. The van der Waals surface area contributed by atoms with E-state index in [1.807, 2.05) is 42.2 Å². The van der Waals surface area contributed by atoms with Crippen molar-refractivity contribution in [1.29, 1.82) is 0 Å². The van der Waals surface area contributed by atoms with E-state index < -0.39 is 12.1 Å². The lowest BCUT2D eigenvalue weighted by Crippen LogP contribution is -2.52. The van der Waals surface area contributed by atoms with Gasteiger partial charge in [0.25, 0.3) is 5.91 Å². The van der Waals surface area contributed by atoms with E-state index in [1.165, 1.54) is 0 Å². The Hall–Kier alpha value is -5.18.